The van der Waals surface area contributed by atoms with Gasteiger partial charge in [-0.2, -0.15) is 4.31 Å². The summed E-state index contributed by atoms with van der Waals surface area (Å²) in [7, 11) is -1.58. The fraction of sp³-hybridized carbons (Fsp3) is 0.632. The number of rotatable bonds is 6. The van der Waals surface area contributed by atoms with Gasteiger partial charge in [0.25, 0.3) is 0 Å². The quantitative estimate of drug-likeness (QED) is 0.780. The number of nitrogens with zero attached hydrogens (tertiary/aromatic N) is 2. The first-order valence-electron chi connectivity index (χ1n) is 9.53. The number of hydrogen-bond acceptors (Lipinski definition) is 5. The topological polar surface area (TPSA) is 92.9 Å². The molecular formula is C19H29N3O4S. The number of carbonyl (C=O) groups excluding carboxylic acids is 1. The van der Waals surface area contributed by atoms with E-state index in [2.05, 4.69) is 11.9 Å². The van der Waals surface area contributed by atoms with Gasteiger partial charge in [0.05, 0.1) is 17.4 Å². The van der Waals surface area contributed by atoms with Gasteiger partial charge in [-0.25, -0.2) is 8.42 Å². The number of piperidine rings is 1. The van der Waals surface area contributed by atoms with Crippen molar-refractivity contribution in [3.05, 3.63) is 24.3 Å². The summed E-state index contributed by atoms with van der Waals surface area (Å²) in [5.74, 6) is 0.143. The van der Waals surface area contributed by atoms with Crippen molar-refractivity contribution in [1.29, 1.82) is 0 Å². The zero-order valence-corrected chi connectivity index (χ0v) is 16.8. The molecule has 2 aliphatic rings. The van der Waals surface area contributed by atoms with E-state index in [1.807, 2.05) is 6.92 Å². The van der Waals surface area contributed by atoms with Crippen molar-refractivity contribution < 1.29 is 17.9 Å². The van der Waals surface area contributed by atoms with Gasteiger partial charge < -0.3 is 15.4 Å². The molecule has 2 saturated heterocycles. The maximum absolute atomic E-state index is 13.1. The lowest BCUT2D eigenvalue weighted by molar-refractivity contribution is -0.123. The maximum atomic E-state index is 13.1. The lowest BCUT2D eigenvalue weighted by Crippen LogP contribution is -2.38. The predicted molar refractivity (Wildman–Crippen MR) is 103 cm³/mol. The highest BCUT2D eigenvalue weighted by atomic mass is 32.2. The van der Waals surface area contributed by atoms with Crippen LogP contribution in [0, 0.1) is 17.8 Å². The van der Waals surface area contributed by atoms with Gasteiger partial charge in [0.15, 0.2) is 0 Å². The molecule has 1 aromatic carbocycles. The SMILES string of the molecule is CCOc1ccc(S(=O)(=O)N2CC(C(N)=O)C(C3CCN(C)CC3)C2)cc1. The van der Waals surface area contributed by atoms with E-state index in [1.54, 1.807) is 24.3 Å². The number of amides is 1. The largest absolute Gasteiger partial charge is 0.494 e. The van der Waals surface area contributed by atoms with Crippen molar-refractivity contribution >= 4 is 15.9 Å². The summed E-state index contributed by atoms with van der Waals surface area (Å²) in [6.07, 6.45) is 1.95. The Bertz CT molecular complexity index is 758. The van der Waals surface area contributed by atoms with Crippen LogP contribution in [0.25, 0.3) is 0 Å². The maximum Gasteiger partial charge on any atom is 0.243 e. The minimum atomic E-state index is -3.66. The molecule has 7 nitrogen and oxygen atoms in total. The molecule has 0 aromatic heterocycles. The lowest BCUT2D eigenvalue weighted by Gasteiger charge is -2.34. The molecule has 2 fully saturated rings. The van der Waals surface area contributed by atoms with Crippen LogP contribution >= 0.6 is 0 Å². The summed E-state index contributed by atoms with van der Waals surface area (Å²) in [5, 5.41) is 0. The fourth-order valence-electron chi connectivity index (χ4n) is 4.25. The third kappa shape index (κ3) is 4.28. The van der Waals surface area contributed by atoms with Crippen LogP contribution in [0.2, 0.25) is 0 Å². The molecule has 27 heavy (non-hydrogen) atoms. The van der Waals surface area contributed by atoms with E-state index in [9.17, 15) is 13.2 Å². The Morgan fingerprint density at radius 2 is 1.81 bits per heavy atom. The van der Waals surface area contributed by atoms with Crippen LogP contribution in [0.3, 0.4) is 0 Å². The Morgan fingerprint density at radius 1 is 1.19 bits per heavy atom. The average molecular weight is 396 g/mol. The summed E-state index contributed by atoms with van der Waals surface area (Å²) < 4.78 is 33.0. The van der Waals surface area contributed by atoms with Crippen LogP contribution < -0.4 is 10.5 Å². The zero-order valence-electron chi connectivity index (χ0n) is 16.0. The summed E-state index contributed by atoms with van der Waals surface area (Å²) in [6.45, 7) is 4.87. The second-order valence-electron chi connectivity index (χ2n) is 7.54. The number of ether oxygens (including phenoxy) is 1. The number of benzene rings is 1. The van der Waals surface area contributed by atoms with Crippen LogP contribution in [0.15, 0.2) is 29.2 Å². The number of hydrogen-bond donors (Lipinski definition) is 1. The Kier molecular flexibility index (Phi) is 6.08. The molecule has 2 N–H and O–H groups in total. The van der Waals surface area contributed by atoms with Crippen LogP contribution in [0.4, 0.5) is 0 Å². The predicted octanol–water partition coefficient (Wildman–Crippen LogP) is 1.15. The van der Waals surface area contributed by atoms with Gasteiger partial charge in [0, 0.05) is 13.1 Å². The fourth-order valence-corrected chi connectivity index (χ4v) is 5.75. The first-order valence-corrected chi connectivity index (χ1v) is 11.0. The van der Waals surface area contributed by atoms with Crippen LogP contribution in [-0.2, 0) is 14.8 Å². The average Bonchev–Trinajstić information content (AvgIpc) is 3.10. The summed E-state index contributed by atoms with van der Waals surface area (Å²) in [5.41, 5.74) is 5.63. The molecule has 2 atom stereocenters. The van der Waals surface area contributed by atoms with Crippen molar-refractivity contribution in [3.63, 3.8) is 0 Å². The normalized spacial score (nSPS) is 25.6. The minimum Gasteiger partial charge on any atom is -0.494 e. The van der Waals surface area contributed by atoms with E-state index < -0.39 is 21.8 Å². The molecule has 150 valence electrons. The van der Waals surface area contributed by atoms with Crippen molar-refractivity contribution in [3.8, 4) is 5.75 Å². The molecular weight excluding hydrogens is 366 g/mol. The third-order valence-corrected chi connectivity index (χ3v) is 7.68. The van der Waals surface area contributed by atoms with Gasteiger partial charge >= 0.3 is 0 Å². The lowest BCUT2D eigenvalue weighted by atomic mass is 9.78. The highest BCUT2D eigenvalue weighted by Gasteiger charge is 2.45. The molecule has 0 saturated carbocycles. The molecule has 3 rings (SSSR count). The summed E-state index contributed by atoms with van der Waals surface area (Å²) in [4.78, 5) is 14.5. The second kappa shape index (κ2) is 8.16. The first-order chi connectivity index (χ1) is 12.8. The molecule has 2 aliphatic heterocycles. The Labute approximate surface area is 161 Å². The monoisotopic (exact) mass is 395 g/mol. The minimum absolute atomic E-state index is 0.00586. The van der Waals surface area contributed by atoms with Gasteiger partial charge in [-0.3, -0.25) is 4.79 Å². The number of carbonyl (C=O) groups is 1. The molecule has 0 aliphatic carbocycles. The molecule has 8 heteroatoms. The highest BCUT2D eigenvalue weighted by Crippen LogP contribution is 2.37. The van der Waals surface area contributed by atoms with E-state index in [4.69, 9.17) is 10.5 Å². The van der Waals surface area contributed by atoms with E-state index in [1.165, 1.54) is 4.31 Å². The standard InChI is InChI=1S/C19H29N3O4S/c1-3-26-15-4-6-16(7-5-15)27(24,25)22-12-17(18(13-22)19(20)23)14-8-10-21(2)11-9-14/h4-7,14,17-18H,3,8-13H2,1-2H3,(H2,20,23). The number of likely N-dealkylation sites (tertiary alicyclic amines) is 1. The van der Waals surface area contributed by atoms with Gasteiger partial charge in [0.2, 0.25) is 15.9 Å². The highest BCUT2D eigenvalue weighted by molar-refractivity contribution is 7.89. The second-order valence-corrected chi connectivity index (χ2v) is 9.48. The van der Waals surface area contributed by atoms with E-state index in [-0.39, 0.29) is 17.4 Å². The van der Waals surface area contributed by atoms with Crippen molar-refractivity contribution in [2.45, 2.75) is 24.7 Å². The molecule has 2 heterocycles. The molecule has 0 bridgehead atoms. The number of nitrogens with two attached hydrogens (primary N) is 1. The first kappa shape index (κ1) is 20.1. The van der Waals surface area contributed by atoms with Crippen LogP contribution in [0.5, 0.6) is 5.75 Å². The van der Waals surface area contributed by atoms with Crippen LogP contribution in [0.1, 0.15) is 19.8 Å². The molecule has 1 aromatic rings. The smallest absolute Gasteiger partial charge is 0.243 e. The summed E-state index contributed by atoms with van der Waals surface area (Å²) in [6, 6.07) is 6.43. The Balaban J connectivity index is 1.78. The zero-order chi connectivity index (χ0) is 19.6. The molecule has 0 spiro atoms. The van der Waals surface area contributed by atoms with Crippen molar-refractivity contribution in [2.75, 3.05) is 39.8 Å². The van der Waals surface area contributed by atoms with E-state index in [0.717, 1.165) is 25.9 Å². The number of primary amides is 1. The van der Waals surface area contributed by atoms with E-state index >= 15 is 0 Å². The van der Waals surface area contributed by atoms with Gasteiger partial charge in [-0.05, 0) is 76.0 Å². The summed E-state index contributed by atoms with van der Waals surface area (Å²) >= 11 is 0. The van der Waals surface area contributed by atoms with Crippen LogP contribution in [-0.4, -0.2) is 63.4 Å². The number of sulfonamides is 1. The molecule has 2 unspecified atom stereocenters. The third-order valence-electron chi connectivity index (χ3n) is 5.84. The Morgan fingerprint density at radius 3 is 2.37 bits per heavy atom. The molecule has 0 radical (unpaired) electrons. The van der Waals surface area contributed by atoms with E-state index in [0.29, 0.717) is 24.8 Å². The van der Waals surface area contributed by atoms with Gasteiger partial charge in [-0.1, -0.05) is 0 Å². The van der Waals surface area contributed by atoms with Crippen molar-refractivity contribution in [1.82, 2.24) is 9.21 Å². The van der Waals surface area contributed by atoms with Gasteiger partial charge in [-0.15, -0.1) is 0 Å². The van der Waals surface area contributed by atoms with Crippen molar-refractivity contribution in [2.24, 2.45) is 23.5 Å². The van der Waals surface area contributed by atoms with Gasteiger partial charge in [0.1, 0.15) is 5.75 Å². The molecule has 1 amide bonds. The Hall–Kier alpha value is -1.64.